The third kappa shape index (κ3) is 2.74. The number of benzene rings is 1. The Balaban J connectivity index is 2.45. The number of para-hydroxylation sites is 1. The number of hydrogen-bond donors (Lipinski definition) is 1. The van der Waals surface area contributed by atoms with Gasteiger partial charge in [-0.15, -0.1) is 0 Å². The molecule has 2 aromatic rings. The van der Waals surface area contributed by atoms with Gasteiger partial charge in [-0.2, -0.15) is 0 Å². The molecule has 1 aromatic carbocycles. The van der Waals surface area contributed by atoms with Crippen LogP contribution in [-0.4, -0.2) is 18.6 Å². The Hall–Kier alpha value is -1.61. The monoisotopic (exact) mass is 230 g/mol. The Labute approximate surface area is 102 Å². The third-order valence-corrected chi connectivity index (χ3v) is 2.63. The van der Waals surface area contributed by atoms with Crippen molar-refractivity contribution < 1.29 is 4.74 Å². The lowest BCUT2D eigenvalue weighted by Gasteiger charge is -2.10. The molecule has 0 fully saturated rings. The first kappa shape index (κ1) is 11.9. The highest BCUT2D eigenvalue weighted by Gasteiger charge is 2.04. The highest BCUT2D eigenvalue weighted by atomic mass is 16.5. The van der Waals surface area contributed by atoms with Gasteiger partial charge in [0.1, 0.15) is 0 Å². The van der Waals surface area contributed by atoms with Crippen molar-refractivity contribution in [3.05, 3.63) is 36.0 Å². The van der Waals surface area contributed by atoms with Gasteiger partial charge in [-0.05, 0) is 18.6 Å². The average molecular weight is 230 g/mol. The molecule has 2 rings (SSSR count). The number of methoxy groups -OCH3 is 1. The number of nitrogens with one attached hydrogen (secondary N) is 1. The van der Waals surface area contributed by atoms with E-state index in [4.69, 9.17) is 4.74 Å². The number of ether oxygens (including phenoxy) is 1. The molecule has 0 amide bonds. The summed E-state index contributed by atoms with van der Waals surface area (Å²) in [6, 6.07) is 10.2. The molecule has 0 radical (unpaired) electrons. The molecule has 17 heavy (non-hydrogen) atoms. The lowest BCUT2D eigenvalue weighted by atomic mass is 10.1. The molecule has 0 spiro atoms. The number of aromatic nitrogens is 1. The molecule has 0 aliphatic heterocycles. The van der Waals surface area contributed by atoms with Crippen LogP contribution in [0.4, 0.5) is 5.69 Å². The Bertz CT molecular complexity index is 497. The molecule has 0 aliphatic carbocycles. The van der Waals surface area contributed by atoms with Crippen LogP contribution in [0.3, 0.4) is 0 Å². The fourth-order valence-electron chi connectivity index (χ4n) is 1.86. The fourth-order valence-corrected chi connectivity index (χ4v) is 1.86. The van der Waals surface area contributed by atoms with Crippen LogP contribution in [0.1, 0.15) is 19.0 Å². The smallest absolute Gasteiger partial charge is 0.0885 e. The fraction of sp³-hybridized carbons (Fsp3) is 0.357. The van der Waals surface area contributed by atoms with Crippen LogP contribution in [0.25, 0.3) is 10.9 Å². The quantitative estimate of drug-likeness (QED) is 0.856. The van der Waals surface area contributed by atoms with Crippen LogP contribution in [0, 0.1) is 0 Å². The van der Waals surface area contributed by atoms with Crippen LogP contribution in [0.2, 0.25) is 0 Å². The van der Waals surface area contributed by atoms with Gasteiger partial charge in [-0.25, -0.2) is 0 Å². The maximum absolute atomic E-state index is 5.15. The van der Waals surface area contributed by atoms with Crippen LogP contribution in [-0.2, 0) is 11.3 Å². The van der Waals surface area contributed by atoms with Gasteiger partial charge in [0.05, 0.1) is 17.8 Å². The predicted octanol–water partition coefficient (Wildman–Crippen LogP) is 3.20. The lowest BCUT2D eigenvalue weighted by molar-refractivity contribution is 0.182. The van der Waals surface area contributed by atoms with Gasteiger partial charge in [0.25, 0.3) is 0 Å². The zero-order valence-electron chi connectivity index (χ0n) is 10.4. The molecule has 1 N–H and O–H groups in total. The van der Waals surface area contributed by atoms with E-state index in [9.17, 15) is 0 Å². The zero-order chi connectivity index (χ0) is 12.1. The normalized spacial score (nSPS) is 10.7. The predicted molar refractivity (Wildman–Crippen MR) is 71.2 cm³/mol. The second kappa shape index (κ2) is 5.64. The Morgan fingerprint density at radius 3 is 2.88 bits per heavy atom. The Morgan fingerprint density at radius 2 is 2.12 bits per heavy atom. The van der Waals surface area contributed by atoms with Crippen molar-refractivity contribution in [2.75, 3.05) is 19.0 Å². The molecular weight excluding hydrogens is 212 g/mol. The van der Waals surface area contributed by atoms with Crippen LogP contribution < -0.4 is 5.32 Å². The second-order valence-corrected chi connectivity index (χ2v) is 4.04. The van der Waals surface area contributed by atoms with Gasteiger partial charge in [0.2, 0.25) is 0 Å². The summed E-state index contributed by atoms with van der Waals surface area (Å²) in [5, 5.41) is 4.61. The molecule has 0 unspecified atom stereocenters. The molecule has 3 heteroatoms. The van der Waals surface area contributed by atoms with Gasteiger partial charge in [-0.1, -0.05) is 25.1 Å². The number of hydrogen-bond acceptors (Lipinski definition) is 3. The highest BCUT2D eigenvalue weighted by Crippen LogP contribution is 2.23. The molecule has 90 valence electrons. The lowest BCUT2D eigenvalue weighted by Crippen LogP contribution is -2.03. The van der Waals surface area contributed by atoms with Gasteiger partial charge >= 0.3 is 0 Å². The molecule has 0 saturated carbocycles. The summed E-state index contributed by atoms with van der Waals surface area (Å²) in [5.74, 6) is 0. The van der Waals surface area contributed by atoms with Crippen molar-refractivity contribution in [2.24, 2.45) is 0 Å². The van der Waals surface area contributed by atoms with Crippen molar-refractivity contribution in [3.63, 3.8) is 0 Å². The molecule has 3 nitrogen and oxygen atoms in total. The molecule has 0 bridgehead atoms. The SMILES string of the molecule is CCCNc1cc(COC)nc2ccccc12. The number of fused-ring (bicyclic) bond motifs is 1. The summed E-state index contributed by atoms with van der Waals surface area (Å²) in [6.07, 6.45) is 1.11. The summed E-state index contributed by atoms with van der Waals surface area (Å²) in [7, 11) is 1.69. The van der Waals surface area contributed by atoms with E-state index >= 15 is 0 Å². The average Bonchev–Trinajstić information content (AvgIpc) is 2.36. The number of rotatable bonds is 5. The first-order chi connectivity index (χ1) is 8.35. The topological polar surface area (TPSA) is 34.1 Å². The van der Waals surface area contributed by atoms with E-state index in [1.165, 1.54) is 5.39 Å². The Morgan fingerprint density at radius 1 is 1.29 bits per heavy atom. The molecule has 0 aliphatic rings. The van der Waals surface area contributed by atoms with E-state index in [0.717, 1.165) is 29.9 Å². The summed E-state index contributed by atoms with van der Waals surface area (Å²) < 4.78 is 5.15. The number of nitrogens with zero attached hydrogens (tertiary/aromatic N) is 1. The van der Waals surface area contributed by atoms with Crippen molar-refractivity contribution in [2.45, 2.75) is 20.0 Å². The van der Waals surface area contributed by atoms with E-state index in [1.807, 2.05) is 18.2 Å². The van der Waals surface area contributed by atoms with E-state index < -0.39 is 0 Å². The number of anilines is 1. The van der Waals surface area contributed by atoms with Crippen LogP contribution in [0.15, 0.2) is 30.3 Å². The van der Waals surface area contributed by atoms with Crippen LogP contribution >= 0.6 is 0 Å². The summed E-state index contributed by atoms with van der Waals surface area (Å²) in [5.41, 5.74) is 3.12. The number of pyridine rings is 1. The minimum absolute atomic E-state index is 0.547. The minimum Gasteiger partial charge on any atom is -0.384 e. The molecule has 0 saturated heterocycles. The maximum Gasteiger partial charge on any atom is 0.0885 e. The van der Waals surface area contributed by atoms with Gasteiger partial charge in [0, 0.05) is 24.7 Å². The second-order valence-electron chi connectivity index (χ2n) is 4.04. The Kier molecular flexibility index (Phi) is 3.94. The van der Waals surface area contributed by atoms with Crippen molar-refractivity contribution in [1.82, 2.24) is 4.98 Å². The first-order valence-corrected chi connectivity index (χ1v) is 5.96. The van der Waals surface area contributed by atoms with E-state index in [2.05, 4.69) is 29.4 Å². The van der Waals surface area contributed by atoms with Gasteiger partial charge in [0.15, 0.2) is 0 Å². The molecule has 1 heterocycles. The van der Waals surface area contributed by atoms with Crippen molar-refractivity contribution in [1.29, 1.82) is 0 Å². The van der Waals surface area contributed by atoms with E-state index in [1.54, 1.807) is 7.11 Å². The summed E-state index contributed by atoms with van der Waals surface area (Å²) in [4.78, 5) is 4.57. The van der Waals surface area contributed by atoms with E-state index in [0.29, 0.717) is 6.61 Å². The zero-order valence-corrected chi connectivity index (χ0v) is 10.4. The largest absolute Gasteiger partial charge is 0.384 e. The minimum atomic E-state index is 0.547. The molecule has 1 aromatic heterocycles. The summed E-state index contributed by atoms with van der Waals surface area (Å²) in [6.45, 7) is 3.68. The van der Waals surface area contributed by atoms with Gasteiger partial charge in [-0.3, -0.25) is 4.98 Å². The van der Waals surface area contributed by atoms with Crippen molar-refractivity contribution in [3.8, 4) is 0 Å². The van der Waals surface area contributed by atoms with Crippen molar-refractivity contribution >= 4 is 16.6 Å². The summed E-state index contributed by atoms with van der Waals surface area (Å²) >= 11 is 0. The maximum atomic E-state index is 5.15. The molecular formula is C14H18N2O. The van der Waals surface area contributed by atoms with Crippen LogP contribution in [0.5, 0.6) is 0 Å². The molecule has 0 atom stereocenters. The van der Waals surface area contributed by atoms with Gasteiger partial charge < -0.3 is 10.1 Å². The standard InChI is InChI=1S/C14H18N2O/c1-3-8-15-14-9-11(10-17-2)16-13-7-5-4-6-12(13)14/h4-7,9H,3,8,10H2,1-2H3,(H,15,16). The first-order valence-electron chi connectivity index (χ1n) is 5.96. The third-order valence-electron chi connectivity index (χ3n) is 2.63. The van der Waals surface area contributed by atoms with E-state index in [-0.39, 0.29) is 0 Å². The highest BCUT2D eigenvalue weighted by molar-refractivity contribution is 5.91.